The number of nitrogens with one attached hydrogen (secondary N) is 1. The molecule has 0 unspecified atom stereocenters. The normalized spacial score (nSPS) is 12.2. The molecule has 0 aromatic heterocycles. The Balaban J connectivity index is 2.72. The van der Waals surface area contributed by atoms with E-state index < -0.39 is 23.7 Å². The topological polar surface area (TPSA) is 73.9 Å². The molecule has 0 aliphatic carbocycles. The second kappa shape index (κ2) is 9.52. The molecule has 0 radical (unpaired) electrons. The maximum Gasteiger partial charge on any atom is 0.408 e. The number of alkyl halides is 1. The summed E-state index contributed by atoms with van der Waals surface area (Å²) in [5.74, 6) is 0.216. The number of benzene rings is 1. The summed E-state index contributed by atoms with van der Waals surface area (Å²) in [6, 6.07) is 6.51. The quantitative estimate of drug-likeness (QED) is 0.561. The molecule has 0 saturated heterocycles. The van der Waals surface area contributed by atoms with Crippen molar-refractivity contribution in [2.24, 2.45) is 0 Å². The number of amides is 1. The van der Waals surface area contributed by atoms with E-state index in [0.717, 1.165) is 16.6 Å². The molecule has 0 bridgehead atoms. The molecule has 0 fully saturated rings. The number of hydrogen-bond donors (Lipinski definition) is 1. The molecule has 0 aliphatic rings. The molecule has 1 atom stereocenters. The molecular weight excluding hydrogens is 378 g/mol. The predicted octanol–water partition coefficient (Wildman–Crippen LogP) is 3.07. The van der Waals surface area contributed by atoms with Crippen molar-refractivity contribution in [2.75, 3.05) is 19.0 Å². The van der Waals surface area contributed by atoms with Gasteiger partial charge in [0, 0.05) is 11.8 Å². The Kier molecular flexibility index (Phi) is 8.04. The first-order valence-corrected chi connectivity index (χ1v) is 8.72. The van der Waals surface area contributed by atoms with Gasteiger partial charge in [-0.3, -0.25) is 0 Å². The van der Waals surface area contributed by atoms with Gasteiger partial charge in [-0.05, 0) is 38.5 Å². The Labute approximate surface area is 151 Å². The van der Waals surface area contributed by atoms with Crippen LogP contribution >= 0.6 is 15.9 Å². The molecule has 1 amide bonds. The zero-order valence-electron chi connectivity index (χ0n) is 14.4. The third-order valence-corrected chi connectivity index (χ3v) is 3.21. The number of carbonyl (C=O) groups excluding carboxylic acids is 2. The van der Waals surface area contributed by atoms with Crippen molar-refractivity contribution in [1.29, 1.82) is 0 Å². The van der Waals surface area contributed by atoms with Crippen molar-refractivity contribution in [2.45, 2.75) is 38.8 Å². The fourth-order valence-electron chi connectivity index (χ4n) is 1.90. The van der Waals surface area contributed by atoms with Crippen LogP contribution in [0, 0.1) is 0 Å². The lowest BCUT2D eigenvalue weighted by molar-refractivity contribution is -0.143. The largest absolute Gasteiger partial charge is 0.493 e. The Morgan fingerprint density at radius 1 is 1.21 bits per heavy atom. The van der Waals surface area contributed by atoms with E-state index >= 15 is 0 Å². The van der Waals surface area contributed by atoms with Gasteiger partial charge in [0.2, 0.25) is 0 Å². The van der Waals surface area contributed by atoms with Gasteiger partial charge in [-0.1, -0.05) is 28.1 Å². The maximum atomic E-state index is 11.9. The van der Waals surface area contributed by atoms with Crippen LogP contribution in [0.3, 0.4) is 0 Å². The van der Waals surface area contributed by atoms with Crippen LogP contribution in [0.15, 0.2) is 24.3 Å². The average Bonchev–Trinajstić information content (AvgIpc) is 2.51. The van der Waals surface area contributed by atoms with Crippen LogP contribution in [0.25, 0.3) is 0 Å². The summed E-state index contributed by atoms with van der Waals surface area (Å²) in [7, 11) is 1.28. The van der Waals surface area contributed by atoms with Crippen LogP contribution in [-0.2, 0) is 20.7 Å². The summed E-state index contributed by atoms with van der Waals surface area (Å²) in [5.41, 5.74) is 0.228. The fraction of sp³-hybridized carbons (Fsp3) is 0.529. The number of methoxy groups -OCH3 is 1. The van der Waals surface area contributed by atoms with Gasteiger partial charge in [0.05, 0.1) is 13.7 Å². The van der Waals surface area contributed by atoms with Gasteiger partial charge in [0.15, 0.2) is 0 Å². The van der Waals surface area contributed by atoms with Crippen molar-refractivity contribution in [3.05, 3.63) is 29.8 Å². The number of carbonyl (C=O) groups is 2. The molecule has 1 aromatic carbocycles. The molecule has 1 rings (SSSR count). The number of hydrogen-bond acceptors (Lipinski definition) is 5. The molecule has 134 valence electrons. The van der Waals surface area contributed by atoms with E-state index in [9.17, 15) is 9.59 Å². The fourth-order valence-corrected chi connectivity index (χ4v) is 2.06. The summed E-state index contributed by atoms with van der Waals surface area (Å²) in [6.07, 6.45) is -0.361. The van der Waals surface area contributed by atoms with E-state index in [1.165, 1.54) is 7.11 Å². The number of alkyl carbamates (subject to hydrolysis) is 1. The summed E-state index contributed by atoms with van der Waals surface area (Å²) in [4.78, 5) is 23.8. The van der Waals surface area contributed by atoms with Crippen LogP contribution in [0.5, 0.6) is 5.75 Å². The molecule has 0 aliphatic heterocycles. The summed E-state index contributed by atoms with van der Waals surface area (Å²) >= 11 is 3.29. The highest BCUT2D eigenvalue weighted by atomic mass is 79.9. The lowest BCUT2D eigenvalue weighted by Gasteiger charge is -2.22. The Hall–Kier alpha value is -1.76. The summed E-state index contributed by atoms with van der Waals surface area (Å²) in [5, 5.41) is 3.30. The van der Waals surface area contributed by atoms with Gasteiger partial charge in [-0.25, -0.2) is 9.59 Å². The molecule has 1 N–H and O–H groups in total. The standard InChI is InChI=1S/C17H24BrNO5/c1-17(2,3)24-16(21)19-14(15(20)22-4)11-12-5-7-13(8-6-12)23-10-9-18/h5-8,14H,9-11H2,1-4H3,(H,19,21)/t14-/m0/s1. The van der Waals surface area contributed by atoms with Crippen molar-refractivity contribution >= 4 is 28.0 Å². The van der Waals surface area contributed by atoms with Crippen LogP contribution in [0.2, 0.25) is 0 Å². The number of ether oxygens (including phenoxy) is 3. The van der Waals surface area contributed by atoms with E-state index in [1.54, 1.807) is 20.8 Å². The van der Waals surface area contributed by atoms with E-state index in [0.29, 0.717) is 13.0 Å². The number of rotatable bonds is 7. The highest BCUT2D eigenvalue weighted by molar-refractivity contribution is 9.09. The van der Waals surface area contributed by atoms with Crippen LogP contribution < -0.4 is 10.1 Å². The van der Waals surface area contributed by atoms with Crippen molar-refractivity contribution < 1.29 is 23.8 Å². The van der Waals surface area contributed by atoms with Gasteiger partial charge >= 0.3 is 12.1 Å². The number of esters is 1. The van der Waals surface area contributed by atoms with Crippen molar-refractivity contribution in [3.63, 3.8) is 0 Å². The Morgan fingerprint density at radius 2 is 1.83 bits per heavy atom. The summed E-state index contributed by atoms with van der Waals surface area (Å²) < 4.78 is 15.4. The first-order chi connectivity index (χ1) is 11.2. The SMILES string of the molecule is COC(=O)[C@H](Cc1ccc(OCCBr)cc1)NC(=O)OC(C)(C)C. The average molecular weight is 402 g/mol. The van der Waals surface area contributed by atoms with E-state index in [4.69, 9.17) is 14.2 Å². The van der Waals surface area contributed by atoms with Crippen LogP contribution in [-0.4, -0.2) is 42.8 Å². The van der Waals surface area contributed by atoms with Gasteiger partial charge < -0.3 is 19.5 Å². The molecule has 1 aromatic rings. The van der Waals surface area contributed by atoms with Gasteiger partial charge in [0.25, 0.3) is 0 Å². The molecule has 7 heteroatoms. The molecule has 0 saturated carbocycles. The molecule has 0 heterocycles. The lowest BCUT2D eigenvalue weighted by atomic mass is 10.1. The summed E-state index contributed by atoms with van der Waals surface area (Å²) in [6.45, 7) is 5.84. The van der Waals surface area contributed by atoms with Crippen LogP contribution in [0.1, 0.15) is 26.3 Å². The molecular formula is C17H24BrNO5. The van der Waals surface area contributed by atoms with Crippen LogP contribution in [0.4, 0.5) is 4.79 Å². The highest BCUT2D eigenvalue weighted by Crippen LogP contribution is 2.14. The van der Waals surface area contributed by atoms with Gasteiger partial charge in [-0.2, -0.15) is 0 Å². The lowest BCUT2D eigenvalue weighted by Crippen LogP contribution is -2.45. The monoisotopic (exact) mass is 401 g/mol. The van der Waals surface area contributed by atoms with Gasteiger partial charge in [-0.15, -0.1) is 0 Å². The first kappa shape index (κ1) is 20.3. The number of halogens is 1. The van der Waals surface area contributed by atoms with E-state index in [2.05, 4.69) is 21.2 Å². The van der Waals surface area contributed by atoms with E-state index in [1.807, 2.05) is 24.3 Å². The van der Waals surface area contributed by atoms with Crippen molar-refractivity contribution in [1.82, 2.24) is 5.32 Å². The van der Waals surface area contributed by atoms with Gasteiger partial charge in [0.1, 0.15) is 17.4 Å². The highest BCUT2D eigenvalue weighted by Gasteiger charge is 2.25. The Bertz CT molecular complexity index is 539. The third-order valence-electron chi connectivity index (χ3n) is 2.89. The first-order valence-electron chi connectivity index (χ1n) is 7.60. The second-order valence-corrected chi connectivity index (χ2v) is 6.90. The minimum Gasteiger partial charge on any atom is -0.493 e. The second-order valence-electron chi connectivity index (χ2n) is 6.11. The van der Waals surface area contributed by atoms with E-state index in [-0.39, 0.29) is 0 Å². The van der Waals surface area contributed by atoms with Crippen molar-refractivity contribution in [3.8, 4) is 5.75 Å². The molecule has 6 nitrogen and oxygen atoms in total. The minimum absolute atomic E-state index is 0.296. The molecule has 24 heavy (non-hydrogen) atoms. The Morgan fingerprint density at radius 3 is 2.33 bits per heavy atom. The predicted molar refractivity (Wildman–Crippen MR) is 94.6 cm³/mol. The third kappa shape index (κ3) is 7.68. The zero-order valence-corrected chi connectivity index (χ0v) is 16.0. The molecule has 0 spiro atoms. The minimum atomic E-state index is -0.820. The zero-order chi connectivity index (χ0) is 18.2. The maximum absolute atomic E-state index is 11.9. The smallest absolute Gasteiger partial charge is 0.408 e.